The Bertz CT molecular complexity index is 656. The van der Waals surface area contributed by atoms with E-state index in [1.54, 1.807) is 10.7 Å². The summed E-state index contributed by atoms with van der Waals surface area (Å²) in [6.45, 7) is 9.46. The molecule has 2 aliphatic rings. The Labute approximate surface area is 143 Å². The fourth-order valence-corrected chi connectivity index (χ4v) is 3.48. The van der Waals surface area contributed by atoms with Crippen LogP contribution in [0.1, 0.15) is 45.7 Å². The smallest absolute Gasteiger partial charge is 0.266 e. The van der Waals surface area contributed by atoms with Crippen LogP contribution >= 0.6 is 0 Å². The largest absolute Gasteiger partial charge is 0.355 e. The normalized spacial score (nSPS) is 23.5. The third kappa shape index (κ3) is 3.69. The highest BCUT2D eigenvalue weighted by molar-refractivity contribution is 5.82. The molecule has 0 spiro atoms. The van der Waals surface area contributed by atoms with Crippen LogP contribution in [0.5, 0.6) is 0 Å². The Morgan fingerprint density at radius 3 is 2.67 bits per heavy atom. The summed E-state index contributed by atoms with van der Waals surface area (Å²) in [7, 11) is 0. The van der Waals surface area contributed by atoms with Gasteiger partial charge >= 0.3 is 0 Å². The van der Waals surface area contributed by atoms with E-state index >= 15 is 0 Å². The maximum atomic E-state index is 12.1. The molecule has 1 N–H and O–H groups in total. The summed E-state index contributed by atoms with van der Waals surface area (Å²) in [6, 6.07) is 3.44. The van der Waals surface area contributed by atoms with Crippen LogP contribution in [0.2, 0.25) is 0 Å². The van der Waals surface area contributed by atoms with Gasteiger partial charge in [-0.05, 0) is 25.3 Å². The first-order chi connectivity index (χ1) is 11.3. The minimum atomic E-state index is -0.0699. The standard InChI is InChI=1S/C18H28N4O2/c1-18(2,3)15-7-8-16(23)22(20-15)12-13-10-21(11-13)14-6-4-5-9-19-17(14)24/h7-8,13-14H,4-6,9-12H2,1-3H3,(H,19,24). The molecule has 1 unspecified atom stereocenters. The van der Waals surface area contributed by atoms with Crippen LogP contribution in [0.4, 0.5) is 0 Å². The number of carbonyl (C=O) groups is 1. The summed E-state index contributed by atoms with van der Waals surface area (Å²) in [5.41, 5.74) is 0.814. The maximum Gasteiger partial charge on any atom is 0.266 e. The first kappa shape index (κ1) is 17.1. The number of rotatable bonds is 3. The molecule has 132 valence electrons. The van der Waals surface area contributed by atoms with Crippen molar-refractivity contribution in [1.29, 1.82) is 0 Å². The molecule has 24 heavy (non-hydrogen) atoms. The van der Waals surface area contributed by atoms with Crippen molar-refractivity contribution in [3.8, 4) is 0 Å². The van der Waals surface area contributed by atoms with Crippen molar-refractivity contribution in [2.24, 2.45) is 5.92 Å². The number of nitrogens with zero attached hydrogens (tertiary/aromatic N) is 3. The van der Waals surface area contributed by atoms with E-state index in [-0.39, 0.29) is 22.9 Å². The molecule has 1 amide bonds. The minimum absolute atomic E-state index is 0.00865. The van der Waals surface area contributed by atoms with Crippen LogP contribution in [-0.4, -0.2) is 46.3 Å². The first-order valence-electron chi connectivity index (χ1n) is 8.95. The highest BCUT2D eigenvalue weighted by Gasteiger charge is 2.36. The van der Waals surface area contributed by atoms with Crippen LogP contribution in [0, 0.1) is 5.92 Å². The van der Waals surface area contributed by atoms with Crippen molar-refractivity contribution in [2.45, 2.75) is 58.0 Å². The van der Waals surface area contributed by atoms with Crippen molar-refractivity contribution < 1.29 is 4.79 Å². The van der Waals surface area contributed by atoms with E-state index in [2.05, 4.69) is 36.1 Å². The number of hydrogen-bond donors (Lipinski definition) is 1. The second-order valence-electron chi connectivity index (χ2n) is 8.11. The summed E-state index contributed by atoms with van der Waals surface area (Å²) >= 11 is 0. The molecule has 0 radical (unpaired) electrons. The Hall–Kier alpha value is -1.69. The number of hydrogen-bond acceptors (Lipinski definition) is 4. The number of likely N-dealkylation sites (tertiary alicyclic amines) is 1. The van der Waals surface area contributed by atoms with E-state index in [1.807, 2.05) is 6.07 Å². The molecule has 2 aliphatic heterocycles. The zero-order valence-electron chi connectivity index (χ0n) is 14.9. The highest BCUT2D eigenvalue weighted by atomic mass is 16.2. The Morgan fingerprint density at radius 1 is 1.21 bits per heavy atom. The molecule has 3 rings (SSSR count). The minimum Gasteiger partial charge on any atom is -0.355 e. The maximum absolute atomic E-state index is 12.1. The molecule has 0 aromatic carbocycles. The zero-order valence-corrected chi connectivity index (χ0v) is 14.9. The molecule has 6 heteroatoms. The molecule has 6 nitrogen and oxygen atoms in total. The van der Waals surface area contributed by atoms with E-state index in [0.29, 0.717) is 12.5 Å². The van der Waals surface area contributed by atoms with Gasteiger partial charge in [0.25, 0.3) is 5.56 Å². The Kier molecular flexibility index (Phi) is 4.76. The van der Waals surface area contributed by atoms with Gasteiger partial charge in [0.1, 0.15) is 0 Å². The van der Waals surface area contributed by atoms with Crippen LogP contribution in [0.25, 0.3) is 0 Å². The second kappa shape index (κ2) is 6.67. The van der Waals surface area contributed by atoms with E-state index in [9.17, 15) is 9.59 Å². The number of amides is 1. The predicted molar refractivity (Wildman–Crippen MR) is 92.9 cm³/mol. The number of nitrogens with one attached hydrogen (secondary N) is 1. The number of aromatic nitrogens is 2. The van der Waals surface area contributed by atoms with Gasteiger partial charge in [0, 0.05) is 37.0 Å². The topological polar surface area (TPSA) is 67.2 Å². The van der Waals surface area contributed by atoms with Gasteiger partial charge in [0.05, 0.1) is 18.3 Å². The van der Waals surface area contributed by atoms with Crippen molar-refractivity contribution in [2.75, 3.05) is 19.6 Å². The van der Waals surface area contributed by atoms with Gasteiger partial charge in [-0.15, -0.1) is 0 Å². The molecule has 0 aliphatic carbocycles. The molecule has 0 bridgehead atoms. The van der Waals surface area contributed by atoms with E-state index in [4.69, 9.17) is 0 Å². The van der Waals surface area contributed by atoms with Crippen molar-refractivity contribution in [3.63, 3.8) is 0 Å². The Morgan fingerprint density at radius 2 is 1.96 bits per heavy atom. The molecule has 0 saturated carbocycles. The van der Waals surface area contributed by atoms with Crippen LogP contribution < -0.4 is 10.9 Å². The van der Waals surface area contributed by atoms with Gasteiger partial charge in [-0.1, -0.05) is 20.8 Å². The van der Waals surface area contributed by atoms with Crippen molar-refractivity contribution in [1.82, 2.24) is 20.0 Å². The molecule has 1 atom stereocenters. The van der Waals surface area contributed by atoms with Crippen molar-refractivity contribution >= 4 is 5.91 Å². The lowest BCUT2D eigenvalue weighted by Gasteiger charge is -2.43. The summed E-state index contributed by atoms with van der Waals surface area (Å²) in [4.78, 5) is 26.4. The van der Waals surface area contributed by atoms with Gasteiger partial charge in [-0.2, -0.15) is 5.10 Å². The lowest BCUT2D eigenvalue weighted by molar-refractivity contribution is -0.129. The van der Waals surface area contributed by atoms with Gasteiger partial charge in [0.15, 0.2) is 0 Å². The molecule has 2 saturated heterocycles. The van der Waals surface area contributed by atoms with Crippen LogP contribution in [0.15, 0.2) is 16.9 Å². The number of carbonyl (C=O) groups excluding carboxylic acids is 1. The molecular formula is C18H28N4O2. The lowest BCUT2D eigenvalue weighted by atomic mass is 9.92. The van der Waals surface area contributed by atoms with E-state index < -0.39 is 0 Å². The average Bonchev–Trinajstić information content (AvgIpc) is 2.67. The molecule has 1 aromatic rings. The third-order valence-electron chi connectivity index (χ3n) is 5.00. The van der Waals surface area contributed by atoms with Crippen molar-refractivity contribution in [3.05, 3.63) is 28.2 Å². The summed E-state index contributed by atoms with van der Waals surface area (Å²) in [6.07, 6.45) is 3.11. The molecule has 1 aromatic heterocycles. The average molecular weight is 332 g/mol. The van der Waals surface area contributed by atoms with Gasteiger partial charge in [-0.3, -0.25) is 14.5 Å². The quantitative estimate of drug-likeness (QED) is 0.901. The van der Waals surface area contributed by atoms with Gasteiger partial charge in [0.2, 0.25) is 5.91 Å². The molecule has 3 heterocycles. The summed E-state index contributed by atoms with van der Waals surface area (Å²) in [5, 5.41) is 7.53. The molecule has 2 fully saturated rings. The van der Waals surface area contributed by atoms with E-state index in [0.717, 1.165) is 44.6 Å². The lowest BCUT2D eigenvalue weighted by Crippen LogP contribution is -2.58. The summed E-state index contributed by atoms with van der Waals surface area (Å²) < 4.78 is 1.59. The zero-order chi connectivity index (χ0) is 17.3. The predicted octanol–water partition coefficient (Wildman–Crippen LogP) is 1.14. The molecular weight excluding hydrogens is 304 g/mol. The second-order valence-corrected chi connectivity index (χ2v) is 8.11. The van der Waals surface area contributed by atoms with Crippen LogP contribution in [0.3, 0.4) is 0 Å². The SMILES string of the molecule is CC(C)(C)c1ccc(=O)n(CC2CN(C3CCCCNC3=O)C2)n1. The van der Waals surface area contributed by atoms with Crippen LogP contribution in [-0.2, 0) is 16.8 Å². The monoisotopic (exact) mass is 332 g/mol. The third-order valence-corrected chi connectivity index (χ3v) is 5.00. The van der Waals surface area contributed by atoms with Gasteiger partial charge < -0.3 is 5.32 Å². The fourth-order valence-electron chi connectivity index (χ4n) is 3.48. The summed E-state index contributed by atoms with van der Waals surface area (Å²) in [5.74, 6) is 0.553. The van der Waals surface area contributed by atoms with E-state index in [1.165, 1.54) is 0 Å². The highest BCUT2D eigenvalue weighted by Crippen LogP contribution is 2.24. The fraction of sp³-hybridized carbons (Fsp3) is 0.722. The Balaban J connectivity index is 1.61. The first-order valence-corrected chi connectivity index (χ1v) is 8.95. The van der Waals surface area contributed by atoms with Gasteiger partial charge in [-0.25, -0.2) is 4.68 Å².